The van der Waals surface area contributed by atoms with E-state index in [0.29, 0.717) is 6.42 Å². The van der Waals surface area contributed by atoms with E-state index in [1.54, 1.807) is 6.92 Å². The molecule has 1 aliphatic rings. The highest BCUT2D eigenvalue weighted by atomic mass is 16.1. The lowest BCUT2D eigenvalue weighted by molar-refractivity contribution is -0.117. The van der Waals surface area contributed by atoms with E-state index in [1.807, 2.05) is 18.3 Å². The van der Waals surface area contributed by atoms with E-state index >= 15 is 0 Å². The molecular weight excluding hydrogens is 224 g/mol. The number of hydrogen-bond acceptors (Lipinski definition) is 2. The minimum absolute atomic E-state index is 0.177. The molecule has 0 saturated carbocycles. The molecule has 2 aromatic rings. The fourth-order valence-electron chi connectivity index (χ4n) is 2.81. The van der Waals surface area contributed by atoms with Gasteiger partial charge in [0.2, 0.25) is 0 Å². The van der Waals surface area contributed by atoms with Crippen molar-refractivity contribution < 1.29 is 4.79 Å². The smallest absolute Gasteiger partial charge is 0.130 e. The van der Waals surface area contributed by atoms with Crippen LogP contribution in [-0.2, 0) is 11.8 Å². The molecule has 0 fully saturated rings. The second-order valence-corrected chi connectivity index (χ2v) is 4.85. The highest BCUT2D eigenvalue weighted by Crippen LogP contribution is 2.39. The molecule has 3 rings (SSSR count). The average molecular weight is 240 g/mol. The van der Waals surface area contributed by atoms with Crippen molar-refractivity contribution in [3.8, 4) is 0 Å². The third kappa shape index (κ3) is 1.55. The Balaban J connectivity index is 2.22. The van der Waals surface area contributed by atoms with E-state index in [2.05, 4.69) is 35.1 Å². The van der Waals surface area contributed by atoms with Crippen LogP contribution >= 0.6 is 0 Å². The Morgan fingerprint density at radius 2 is 2.17 bits per heavy atom. The molecule has 1 aliphatic heterocycles. The number of hydrogen-bond donors (Lipinski definition) is 1. The topological polar surface area (TPSA) is 34.0 Å². The summed E-state index contributed by atoms with van der Waals surface area (Å²) in [4.78, 5) is 11.4. The molecule has 2 heterocycles. The van der Waals surface area contributed by atoms with Crippen molar-refractivity contribution in [1.82, 2.24) is 4.57 Å². The van der Waals surface area contributed by atoms with Crippen molar-refractivity contribution in [2.24, 2.45) is 7.05 Å². The van der Waals surface area contributed by atoms with E-state index in [9.17, 15) is 4.79 Å². The number of anilines is 1. The molecule has 3 heteroatoms. The first kappa shape index (κ1) is 11.1. The highest BCUT2D eigenvalue weighted by molar-refractivity contribution is 5.96. The van der Waals surface area contributed by atoms with Gasteiger partial charge in [-0.15, -0.1) is 0 Å². The van der Waals surface area contributed by atoms with Gasteiger partial charge in [-0.2, -0.15) is 0 Å². The van der Waals surface area contributed by atoms with Gasteiger partial charge in [0.25, 0.3) is 0 Å². The average Bonchev–Trinajstić information content (AvgIpc) is 2.65. The van der Waals surface area contributed by atoms with Crippen molar-refractivity contribution in [3.05, 3.63) is 42.2 Å². The zero-order chi connectivity index (χ0) is 12.7. The van der Waals surface area contributed by atoms with E-state index in [4.69, 9.17) is 0 Å². The molecule has 0 spiro atoms. The van der Waals surface area contributed by atoms with Gasteiger partial charge in [0.05, 0.1) is 11.2 Å². The normalized spacial score (nSPS) is 17.6. The van der Waals surface area contributed by atoms with Crippen LogP contribution in [0.15, 0.2) is 36.5 Å². The Bertz CT molecular complexity index is 652. The van der Waals surface area contributed by atoms with Crippen molar-refractivity contribution in [2.45, 2.75) is 19.3 Å². The van der Waals surface area contributed by atoms with Crippen LogP contribution < -0.4 is 5.32 Å². The summed E-state index contributed by atoms with van der Waals surface area (Å²) in [7, 11) is 2.06. The number of para-hydroxylation sites is 1. The molecule has 0 aliphatic carbocycles. The number of fused-ring (bicyclic) bond motifs is 3. The highest BCUT2D eigenvalue weighted by Gasteiger charge is 2.24. The van der Waals surface area contributed by atoms with Crippen LogP contribution in [0.5, 0.6) is 0 Å². The van der Waals surface area contributed by atoms with Crippen LogP contribution in [0.4, 0.5) is 5.69 Å². The molecule has 1 aromatic heterocycles. The van der Waals surface area contributed by atoms with Gasteiger partial charge in [-0.05, 0) is 19.2 Å². The molecule has 18 heavy (non-hydrogen) atoms. The van der Waals surface area contributed by atoms with E-state index in [-0.39, 0.29) is 11.7 Å². The molecule has 0 radical (unpaired) electrons. The molecule has 1 N–H and O–H groups in total. The second-order valence-electron chi connectivity index (χ2n) is 4.85. The summed E-state index contributed by atoms with van der Waals surface area (Å²) in [5.41, 5.74) is 3.54. The Labute approximate surface area is 106 Å². The first-order chi connectivity index (χ1) is 8.68. The second kappa shape index (κ2) is 4.02. The Kier molecular flexibility index (Phi) is 2.47. The quantitative estimate of drug-likeness (QED) is 0.874. The fourth-order valence-corrected chi connectivity index (χ4v) is 2.81. The number of Topliss-reactive ketones (excluding diaryl/α,β-unsaturated/α-hetero) is 1. The lowest BCUT2D eigenvalue weighted by Gasteiger charge is -2.19. The Morgan fingerprint density at radius 1 is 1.39 bits per heavy atom. The van der Waals surface area contributed by atoms with Gasteiger partial charge >= 0.3 is 0 Å². The summed E-state index contributed by atoms with van der Waals surface area (Å²) in [5.74, 6) is 0.402. The fraction of sp³-hybridized carbons (Fsp3) is 0.267. The zero-order valence-electron chi connectivity index (χ0n) is 10.6. The van der Waals surface area contributed by atoms with E-state index in [1.165, 1.54) is 16.6 Å². The monoisotopic (exact) mass is 240 g/mol. The maximum Gasteiger partial charge on any atom is 0.130 e. The summed E-state index contributed by atoms with van der Waals surface area (Å²) >= 11 is 0. The largest absolute Gasteiger partial charge is 0.360 e. The number of benzene rings is 1. The van der Waals surface area contributed by atoms with Crippen LogP contribution in [-0.4, -0.2) is 10.4 Å². The predicted molar refractivity (Wildman–Crippen MR) is 73.7 cm³/mol. The van der Waals surface area contributed by atoms with Gasteiger partial charge in [-0.3, -0.25) is 4.79 Å². The molecule has 3 nitrogen and oxygen atoms in total. The third-order valence-electron chi connectivity index (χ3n) is 3.57. The summed E-state index contributed by atoms with van der Waals surface area (Å²) in [6.07, 6.45) is 4.58. The molecule has 0 bridgehead atoms. The van der Waals surface area contributed by atoms with Gasteiger partial charge < -0.3 is 9.88 Å². The number of rotatable bonds is 2. The first-order valence-corrected chi connectivity index (χ1v) is 6.18. The van der Waals surface area contributed by atoms with Crippen LogP contribution in [0.3, 0.4) is 0 Å². The van der Waals surface area contributed by atoms with E-state index in [0.717, 1.165) is 5.69 Å². The van der Waals surface area contributed by atoms with Crippen molar-refractivity contribution >= 4 is 22.4 Å². The van der Waals surface area contributed by atoms with E-state index < -0.39 is 0 Å². The number of ketones is 1. The number of allylic oxidation sites excluding steroid dienone is 1. The summed E-state index contributed by atoms with van der Waals surface area (Å²) in [5, 5.41) is 4.53. The maximum absolute atomic E-state index is 11.4. The lowest BCUT2D eigenvalue weighted by atomic mass is 9.95. The van der Waals surface area contributed by atoms with Crippen LogP contribution in [0.2, 0.25) is 0 Å². The number of aryl methyl sites for hydroxylation is 1. The summed E-state index contributed by atoms with van der Waals surface area (Å²) < 4.78 is 2.19. The van der Waals surface area contributed by atoms with Crippen molar-refractivity contribution in [3.63, 3.8) is 0 Å². The number of carbonyl (C=O) groups excluding carboxylic acids is 1. The number of nitrogens with zero attached hydrogens (tertiary/aromatic N) is 1. The van der Waals surface area contributed by atoms with Gasteiger partial charge in [-0.1, -0.05) is 24.3 Å². The molecule has 92 valence electrons. The third-order valence-corrected chi connectivity index (χ3v) is 3.57. The van der Waals surface area contributed by atoms with Crippen molar-refractivity contribution in [2.75, 3.05) is 5.32 Å². The molecular formula is C15H16N2O. The van der Waals surface area contributed by atoms with Gasteiger partial charge in [0, 0.05) is 30.5 Å². The predicted octanol–water partition coefficient (Wildman–Crippen LogP) is 3.18. The maximum atomic E-state index is 11.4. The zero-order valence-corrected chi connectivity index (χ0v) is 10.6. The number of nitrogens with one attached hydrogen (secondary N) is 1. The van der Waals surface area contributed by atoms with Crippen LogP contribution in [0.1, 0.15) is 25.0 Å². The lowest BCUT2D eigenvalue weighted by Crippen LogP contribution is -2.12. The Hall–Kier alpha value is -2.03. The Morgan fingerprint density at radius 3 is 2.94 bits per heavy atom. The van der Waals surface area contributed by atoms with Crippen molar-refractivity contribution in [1.29, 1.82) is 0 Å². The summed E-state index contributed by atoms with van der Waals surface area (Å²) in [6, 6.07) is 8.31. The SMILES string of the molecule is CC(=O)CC1C=CNc2c1n(C)c1ccccc21. The molecule has 0 saturated heterocycles. The van der Waals surface area contributed by atoms with Gasteiger partial charge in [-0.25, -0.2) is 0 Å². The van der Waals surface area contributed by atoms with Gasteiger partial charge in [0.15, 0.2) is 0 Å². The van der Waals surface area contributed by atoms with Crippen LogP contribution in [0, 0.1) is 0 Å². The van der Waals surface area contributed by atoms with Crippen LogP contribution in [0.25, 0.3) is 10.9 Å². The molecule has 1 aromatic carbocycles. The summed E-state index contributed by atoms with van der Waals surface area (Å²) in [6.45, 7) is 1.65. The molecule has 0 amide bonds. The number of aromatic nitrogens is 1. The minimum atomic E-state index is 0.177. The standard InChI is InChI=1S/C15H16N2O/c1-10(18)9-11-7-8-16-14-12-5-3-4-6-13(12)17(2)15(11)14/h3-8,11,16H,9H2,1-2H3. The molecule has 1 atom stereocenters. The number of carbonyl (C=O) groups is 1. The molecule has 1 unspecified atom stereocenters. The van der Waals surface area contributed by atoms with Gasteiger partial charge in [0.1, 0.15) is 5.78 Å². The minimum Gasteiger partial charge on any atom is -0.360 e. The first-order valence-electron chi connectivity index (χ1n) is 6.18.